The number of aliphatic hydroxyl groups is 1. The van der Waals surface area contributed by atoms with Crippen LogP contribution in [0, 0.1) is 0 Å². The van der Waals surface area contributed by atoms with Gasteiger partial charge in [0.05, 0.1) is 19.3 Å². The number of ether oxygens (including phenoxy) is 1. The third kappa shape index (κ3) is 20.3. The highest BCUT2D eigenvalue weighted by Crippen LogP contribution is 2.35. The first-order valence-corrected chi connectivity index (χ1v) is 11.5. The van der Waals surface area contributed by atoms with Gasteiger partial charge < -0.3 is 24.5 Å². The monoisotopic (exact) mass is 397 g/mol. The highest BCUT2D eigenvalue weighted by atomic mass is 31.2. The quantitative estimate of drug-likeness (QED) is 0.227. The lowest BCUT2D eigenvalue weighted by Gasteiger charge is -2.20. The van der Waals surface area contributed by atoms with E-state index < -0.39 is 13.9 Å². The van der Waals surface area contributed by atoms with Crippen LogP contribution in [0.1, 0.15) is 71.1 Å². The molecule has 0 spiro atoms. The minimum absolute atomic E-state index is 0.0764. The summed E-state index contributed by atoms with van der Waals surface area (Å²) in [7, 11) is -2.65. The number of hydrogen-bond donors (Lipinski definition) is 3. The molecule has 0 aromatic heterocycles. The molecule has 0 bridgehead atoms. The van der Waals surface area contributed by atoms with E-state index in [0.717, 1.165) is 6.42 Å². The maximum atomic E-state index is 10.6. The van der Waals surface area contributed by atoms with Gasteiger partial charge in [0, 0.05) is 19.7 Å². The minimum Gasteiger partial charge on any atom is -0.389 e. The fraction of sp³-hybridized carbons (Fsp3) is 1.00. The van der Waals surface area contributed by atoms with E-state index in [1.165, 1.54) is 57.8 Å². The Kier molecular flexibility index (Phi) is 17.1. The predicted molar refractivity (Wildman–Crippen MR) is 104 cm³/mol. The Hall–Kier alpha value is -0.0100. The van der Waals surface area contributed by atoms with Crippen LogP contribution >= 0.6 is 7.82 Å². The Bertz CT molecular complexity index is 353. The van der Waals surface area contributed by atoms with E-state index in [0.29, 0.717) is 19.7 Å². The zero-order valence-electron chi connectivity index (χ0n) is 16.6. The molecule has 0 aliphatic carbocycles. The molecule has 0 amide bonds. The number of hydrogen-bond acceptors (Lipinski definition) is 5. The molecule has 8 heteroatoms. The molecule has 0 aliphatic heterocycles. The average Bonchev–Trinajstić information content (AvgIpc) is 2.54. The molecule has 26 heavy (non-hydrogen) atoms. The van der Waals surface area contributed by atoms with E-state index in [2.05, 4.69) is 11.4 Å². The number of rotatable bonds is 19. The summed E-state index contributed by atoms with van der Waals surface area (Å²) in [5.41, 5.74) is 0. The molecule has 3 N–H and O–H groups in total. The second-order valence-electron chi connectivity index (χ2n) is 7.00. The third-order valence-electron chi connectivity index (χ3n) is 4.21. The molecule has 7 nitrogen and oxygen atoms in total. The van der Waals surface area contributed by atoms with Gasteiger partial charge >= 0.3 is 7.82 Å². The SMILES string of the molecule is CCCCCCCCCCCCOCC(O)CN(C)CCOP(=O)(O)O. The molecule has 0 saturated heterocycles. The van der Waals surface area contributed by atoms with E-state index in [1.54, 1.807) is 11.9 Å². The topological polar surface area (TPSA) is 99.5 Å². The van der Waals surface area contributed by atoms with Crippen molar-refractivity contribution in [1.29, 1.82) is 0 Å². The van der Waals surface area contributed by atoms with Gasteiger partial charge in [0.15, 0.2) is 0 Å². The Morgan fingerprint density at radius 1 is 0.923 bits per heavy atom. The lowest BCUT2D eigenvalue weighted by Crippen LogP contribution is -2.34. The maximum absolute atomic E-state index is 10.6. The molecule has 0 aromatic rings. The van der Waals surface area contributed by atoms with Crippen LogP contribution in [-0.4, -0.2) is 65.9 Å². The second-order valence-corrected chi connectivity index (χ2v) is 8.24. The van der Waals surface area contributed by atoms with E-state index in [9.17, 15) is 9.67 Å². The average molecular weight is 397 g/mol. The van der Waals surface area contributed by atoms with Gasteiger partial charge in [-0.3, -0.25) is 4.52 Å². The fourth-order valence-electron chi connectivity index (χ4n) is 2.73. The molecule has 0 heterocycles. The van der Waals surface area contributed by atoms with E-state index in [4.69, 9.17) is 14.5 Å². The number of nitrogens with zero attached hydrogens (tertiary/aromatic N) is 1. The summed E-state index contributed by atoms with van der Waals surface area (Å²) in [5.74, 6) is 0. The number of phosphoric acid groups is 1. The summed E-state index contributed by atoms with van der Waals surface area (Å²) in [6, 6.07) is 0. The van der Waals surface area contributed by atoms with Gasteiger partial charge in [-0.1, -0.05) is 64.7 Å². The standard InChI is InChI=1S/C18H40NO6P/c1-3-4-5-6-7-8-9-10-11-12-14-24-17-18(20)16-19(2)13-15-25-26(21,22)23/h18,20H,3-17H2,1-2H3,(H2,21,22,23). The van der Waals surface area contributed by atoms with Gasteiger partial charge in [-0.25, -0.2) is 4.57 Å². The van der Waals surface area contributed by atoms with E-state index >= 15 is 0 Å². The summed E-state index contributed by atoms with van der Waals surface area (Å²) in [5, 5.41) is 9.88. The smallest absolute Gasteiger partial charge is 0.389 e. The Labute approximate surface area is 159 Å². The van der Waals surface area contributed by atoms with Crippen molar-refractivity contribution >= 4 is 7.82 Å². The van der Waals surface area contributed by atoms with Gasteiger partial charge in [-0.2, -0.15) is 0 Å². The molecule has 0 rings (SSSR count). The molecular formula is C18H40NO6P. The van der Waals surface area contributed by atoms with Crippen LogP contribution in [0.5, 0.6) is 0 Å². The summed E-state index contributed by atoms with van der Waals surface area (Å²) in [6.45, 7) is 3.82. The van der Waals surface area contributed by atoms with Crippen molar-refractivity contribution in [2.24, 2.45) is 0 Å². The van der Waals surface area contributed by atoms with Crippen LogP contribution in [0.25, 0.3) is 0 Å². The van der Waals surface area contributed by atoms with Gasteiger partial charge in [0.2, 0.25) is 0 Å². The van der Waals surface area contributed by atoms with Crippen molar-refractivity contribution in [3.05, 3.63) is 0 Å². The van der Waals surface area contributed by atoms with E-state index in [-0.39, 0.29) is 13.2 Å². The van der Waals surface area contributed by atoms with Crippen molar-refractivity contribution in [3.63, 3.8) is 0 Å². The summed E-state index contributed by atoms with van der Waals surface area (Å²) in [6.07, 6.45) is 12.2. The van der Waals surface area contributed by atoms with Crippen molar-refractivity contribution in [2.45, 2.75) is 77.2 Å². The zero-order chi connectivity index (χ0) is 19.7. The number of aliphatic hydroxyl groups excluding tert-OH is 1. The van der Waals surface area contributed by atoms with Crippen molar-refractivity contribution in [2.75, 3.05) is 40.0 Å². The van der Waals surface area contributed by atoms with Crippen LogP contribution in [0.15, 0.2) is 0 Å². The third-order valence-corrected chi connectivity index (χ3v) is 4.73. The molecule has 158 valence electrons. The first kappa shape index (κ1) is 26.0. The largest absolute Gasteiger partial charge is 0.469 e. The molecule has 0 fully saturated rings. The second kappa shape index (κ2) is 17.1. The molecule has 1 unspecified atom stereocenters. The number of unbranched alkanes of at least 4 members (excludes halogenated alkanes) is 9. The lowest BCUT2D eigenvalue weighted by atomic mass is 10.1. The summed E-state index contributed by atoms with van der Waals surface area (Å²) < 4.78 is 20.4. The molecule has 0 aliphatic rings. The van der Waals surface area contributed by atoms with Crippen LogP contribution in [0.4, 0.5) is 0 Å². The lowest BCUT2D eigenvalue weighted by molar-refractivity contribution is 0.0175. The predicted octanol–water partition coefficient (Wildman–Crippen LogP) is 3.33. The molecule has 0 radical (unpaired) electrons. The molecule has 0 saturated carbocycles. The zero-order valence-corrected chi connectivity index (χ0v) is 17.5. The van der Waals surface area contributed by atoms with Gasteiger partial charge in [0.1, 0.15) is 0 Å². The molecule has 1 atom stereocenters. The highest BCUT2D eigenvalue weighted by molar-refractivity contribution is 7.46. The highest BCUT2D eigenvalue weighted by Gasteiger charge is 2.14. The maximum Gasteiger partial charge on any atom is 0.469 e. The Morgan fingerprint density at radius 3 is 2.00 bits per heavy atom. The van der Waals surface area contributed by atoms with Gasteiger partial charge in [0.25, 0.3) is 0 Å². The van der Waals surface area contributed by atoms with Crippen molar-refractivity contribution in [1.82, 2.24) is 4.90 Å². The van der Waals surface area contributed by atoms with Crippen molar-refractivity contribution in [3.8, 4) is 0 Å². The van der Waals surface area contributed by atoms with Crippen molar-refractivity contribution < 1.29 is 28.7 Å². The van der Waals surface area contributed by atoms with E-state index in [1.807, 2.05) is 0 Å². The first-order valence-electron chi connectivity index (χ1n) is 9.99. The normalized spacial score (nSPS) is 13.5. The van der Waals surface area contributed by atoms with Crippen LogP contribution < -0.4 is 0 Å². The molecular weight excluding hydrogens is 357 g/mol. The molecule has 0 aromatic carbocycles. The number of phosphoric ester groups is 1. The van der Waals surface area contributed by atoms with Gasteiger partial charge in [-0.15, -0.1) is 0 Å². The summed E-state index contributed by atoms with van der Waals surface area (Å²) in [4.78, 5) is 18.9. The Morgan fingerprint density at radius 2 is 1.46 bits per heavy atom. The first-order chi connectivity index (χ1) is 12.3. The minimum atomic E-state index is -4.41. The van der Waals surface area contributed by atoms with Crippen LogP contribution in [0.3, 0.4) is 0 Å². The van der Waals surface area contributed by atoms with Crippen LogP contribution in [0.2, 0.25) is 0 Å². The summed E-state index contributed by atoms with van der Waals surface area (Å²) >= 11 is 0. The van der Waals surface area contributed by atoms with Crippen LogP contribution in [-0.2, 0) is 13.8 Å². The fourth-order valence-corrected chi connectivity index (χ4v) is 3.05. The number of likely N-dealkylation sites (N-methyl/N-ethyl adjacent to an activating group) is 1. The van der Waals surface area contributed by atoms with Gasteiger partial charge in [-0.05, 0) is 13.5 Å². The Balaban J connectivity index is 3.35.